The van der Waals surface area contributed by atoms with Crippen LogP contribution in [0.15, 0.2) is 18.2 Å². The average Bonchev–Trinajstić information content (AvgIpc) is 2.47. The van der Waals surface area contributed by atoms with Crippen molar-refractivity contribution in [2.75, 3.05) is 26.2 Å². The van der Waals surface area contributed by atoms with Gasteiger partial charge in [-0.25, -0.2) is 4.39 Å². The first kappa shape index (κ1) is 15.8. The number of piperidine rings is 1. The smallest absolute Gasteiger partial charge is 0.256 e. The molecule has 4 nitrogen and oxygen atoms in total. The number of carbonyl (C=O) groups excluding carboxylic acids is 1. The summed E-state index contributed by atoms with van der Waals surface area (Å²) in [6, 6.07) is 3.69. The summed E-state index contributed by atoms with van der Waals surface area (Å²) in [7, 11) is 0. The molecule has 1 aliphatic heterocycles. The topological polar surface area (TPSA) is 52.6 Å². The van der Waals surface area contributed by atoms with Gasteiger partial charge >= 0.3 is 0 Å². The maximum Gasteiger partial charge on any atom is 0.256 e. The number of nitrogens with one attached hydrogen (secondary N) is 1. The van der Waals surface area contributed by atoms with Crippen LogP contribution in [0.4, 0.5) is 4.39 Å². The SMILES string of the molecule is CCCN(CC1CCCNC1)C(=O)c1ccc(O)cc1F. The highest BCUT2D eigenvalue weighted by molar-refractivity contribution is 5.94. The fourth-order valence-electron chi connectivity index (χ4n) is 2.78. The Morgan fingerprint density at radius 2 is 2.33 bits per heavy atom. The van der Waals surface area contributed by atoms with Gasteiger partial charge in [-0.1, -0.05) is 6.92 Å². The van der Waals surface area contributed by atoms with Gasteiger partial charge in [0.25, 0.3) is 5.91 Å². The van der Waals surface area contributed by atoms with Crippen LogP contribution in [0.1, 0.15) is 36.5 Å². The Bertz CT molecular complexity index is 487. The van der Waals surface area contributed by atoms with Gasteiger partial charge in [0.1, 0.15) is 11.6 Å². The minimum atomic E-state index is -0.664. The molecule has 1 aromatic rings. The molecule has 0 aliphatic carbocycles. The Kier molecular flexibility index (Phi) is 5.56. The molecule has 1 atom stereocenters. The van der Waals surface area contributed by atoms with Crippen LogP contribution in [-0.4, -0.2) is 42.1 Å². The monoisotopic (exact) mass is 294 g/mol. The third-order valence-corrected chi connectivity index (χ3v) is 3.84. The van der Waals surface area contributed by atoms with Crippen molar-refractivity contribution in [3.05, 3.63) is 29.6 Å². The number of phenolic OH excluding ortho intramolecular Hbond substituents is 1. The molecule has 1 heterocycles. The molecule has 1 fully saturated rings. The number of aromatic hydroxyl groups is 1. The fraction of sp³-hybridized carbons (Fsp3) is 0.562. The molecule has 1 aliphatic rings. The van der Waals surface area contributed by atoms with Crippen LogP contribution < -0.4 is 5.32 Å². The standard InChI is InChI=1S/C16H23FN2O2/c1-2-8-19(11-12-4-3-7-18-10-12)16(21)14-6-5-13(20)9-15(14)17/h5-6,9,12,18,20H,2-4,7-8,10-11H2,1H3. The number of hydrogen-bond donors (Lipinski definition) is 2. The molecule has 116 valence electrons. The van der Waals surface area contributed by atoms with Crippen molar-refractivity contribution in [2.45, 2.75) is 26.2 Å². The third kappa shape index (κ3) is 4.17. The quantitative estimate of drug-likeness (QED) is 0.876. The molecule has 1 unspecified atom stereocenters. The molecule has 0 spiro atoms. The molecular weight excluding hydrogens is 271 g/mol. The van der Waals surface area contributed by atoms with E-state index in [0.29, 0.717) is 19.0 Å². The van der Waals surface area contributed by atoms with Crippen molar-refractivity contribution in [3.63, 3.8) is 0 Å². The normalized spacial score (nSPS) is 18.5. The molecule has 2 rings (SSSR count). The molecule has 5 heteroatoms. The van der Waals surface area contributed by atoms with E-state index in [1.54, 1.807) is 4.90 Å². The molecule has 1 saturated heterocycles. The van der Waals surface area contributed by atoms with E-state index in [4.69, 9.17) is 0 Å². The molecule has 0 aromatic heterocycles. The van der Waals surface area contributed by atoms with E-state index in [1.807, 2.05) is 6.92 Å². The molecular formula is C16H23FN2O2. The Morgan fingerprint density at radius 1 is 1.52 bits per heavy atom. The predicted molar refractivity (Wildman–Crippen MR) is 79.9 cm³/mol. The van der Waals surface area contributed by atoms with Crippen LogP contribution >= 0.6 is 0 Å². The van der Waals surface area contributed by atoms with Crippen molar-refractivity contribution < 1.29 is 14.3 Å². The van der Waals surface area contributed by atoms with Crippen LogP contribution in [0.5, 0.6) is 5.75 Å². The summed E-state index contributed by atoms with van der Waals surface area (Å²) < 4.78 is 13.9. The lowest BCUT2D eigenvalue weighted by Gasteiger charge is -2.30. The van der Waals surface area contributed by atoms with Crippen molar-refractivity contribution in [1.29, 1.82) is 0 Å². The van der Waals surface area contributed by atoms with Gasteiger partial charge in [-0.15, -0.1) is 0 Å². The van der Waals surface area contributed by atoms with Crippen molar-refractivity contribution in [2.24, 2.45) is 5.92 Å². The number of phenols is 1. The maximum atomic E-state index is 13.9. The van der Waals surface area contributed by atoms with E-state index in [2.05, 4.69) is 5.32 Å². The van der Waals surface area contributed by atoms with Gasteiger partial charge in [-0.2, -0.15) is 0 Å². The Hall–Kier alpha value is -1.62. The second kappa shape index (κ2) is 7.41. The zero-order valence-electron chi connectivity index (χ0n) is 12.4. The maximum absolute atomic E-state index is 13.9. The summed E-state index contributed by atoms with van der Waals surface area (Å²) in [6.45, 7) is 5.22. The largest absolute Gasteiger partial charge is 0.508 e. The van der Waals surface area contributed by atoms with Gasteiger partial charge < -0.3 is 15.3 Å². The van der Waals surface area contributed by atoms with Gasteiger partial charge in [0.2, 0.25) is 0 Å². The summed E-state index contributed by atoms with van der Waals surface area (Å²) in [4.78, 5) is 14.3. The zero-order chi connectivity index (χ0) is 15.2. The van der Waals surface area contributed by atoms with Crippen LogP contribution in [0.2, 0.25) is 0 Å². The van der Waals surface area contributed by atoms with Gasteiger partial charge in [0.15, 0.2) is 0 Å². The summed E-state index contributed by atoms with van der Waals surface area (Å²) in [5.74, 6) is -0.695. The van der Waals surface area contributed by atoms with Crippen molar-refractivity contribution in [3.8, 4) is 5.75 Å². The number of halogens is 1. The van der Waals surface area contributed by atoms with Gasteiger partial charge in [0, 0.05) is 19.2 Å². The van der Waals surface area contributed by atoms with E-state index < -0.39 is 5.82 Å². The Morgan fingerprint density at radius 3 is 2.95 bits per heavy atom. The van der Waals surface area contributed by atoms with Gasteiger partial charge in [0.05, 0.1) is 5.56 Å². The summed E-state index contributed by atoms with van der Waals surface area (Å²) in [6.07, 6.45) is 3.05. The fourth-order valence-corrected chi connectivity index (χ4v) is 2.78. The second-order valence-corrected chi connectivity index (χ2v) is 5.63. The second-order valence-electron chi connectivity index (χ2n) is 5.63. The number of hydrogen-bond acceptors (Lipinski definition) is 3. The average molecular weight is 294 g/mol. The highest BCUT2D eigenvalue weighted by Crippen LogP contribution is 2.19. The summed E-state index contributed by atoms with van der Waals surface area (Å²) in [5, 5.41) is 12.6. The zero-order valence-corrected chi connectivity index (χ0v) is 12.4. The number of amides is 1. The molecule has 2 N–H and O–H groups in total. The minimum absolute atomic E-state index is 0.0324. The highest BCUT2D eigenvalue weighted by atomic mass is 19.1. The molecule has 0 bridgehead atoms. The number of nitrogens with zero attached hydrogens (tertiary/aromatic N) is 1. The van der Waals surface area contributed by atoms with Crippen LogP contribution in [0, 0.1) is 11.7 Å². The Balaban J connectivity index is 2.10. The molecule has 0 saturated carbocycles. The van der Waals surface area contributed by atoms with E-state index in [1.165, 1.54) is 12.1 Å². The van der Waals surface area contributed by atoms with E-state index >= 15 is 0 Å². The molecule has 21 heavy (non-hydrogen) atoms. The lowest BCUT2D eigenvalue weighted by molar-refractivity contribution is 0.0714. The van der Waals surface area contributed by atoms with Crippen molar-refractivity contribution >= 4 is 5.91 Å². The van der Waals surface area contributed by atoms with E-state index in [9.17, 15) is 14.3 Å². The van der Waals surface area contributed by atoms with Crippen LogP contribution in [0.25, 0.3) is 0 Å². The van der Waals surface area contributed by atoms with Gasteiger partial charge in [-0.3, -0.25) is 4.79 Å². The van der Waals surface area contributed by atoms with Crippen LogP contribution in [-0.2, 0) is 0 Å². The number of rotatable bonds is 5. The molecule has 1 amide bonds. The third-order valence-electron chi connectivity index (χ3n) is 3.84. The van der Waals surface area contributed by atoms with Crippen molar-refractivity contribution in [1.82, 2.24) is 10.2 Å². The molecule has 1 aromatic carbocycles. The number of carbonyl (C=O) groups is 1. The van der Waals surface area contributed by atoms with E-state index in [-0.39, 0.29) is 17.2 Å². The first-order valence-electron chi connectivity index (χ1n) is 7.60. The summed E-state index contributed by atoms with van der Waals surface area (Å²) >= 11 is 0. The predicted octanol–water partition coefficient (Wildman–Crippen LogP) is 2.38. The first-order chi connectivity index (χ1) is 10.1. The first-order valence-corrected chi connectivity index (χ1v) is 7.60. The summed E-state index contributed by atoms with van der Waals surface area (Å²) in [5.41, 5.74) is 0.0324. The minimum Gasteiger partial charge on any atom is -0.508 e. The highest BCUT2D eigenvalue weighted by Gasteiger charge is 2.23. The number of benzene rings is 1. The Labute approximate surface area is 125 Å². The van der Waals surface area contributed by atoms with Gasteiger partial charge in [-0.05, 0) is 50.4 Å². The molecule has 0 radical (unpaired) electrons. The lowest BCUT2D eigenvalue weighted by atomic mass is 9.98. The van der Waals surface area contributed by atoms with E-state index in [0.717, 1.165) is 38.4 Å². The lowest BCUT2D eigenvalue weighted by Crippen LogP contribution is -2.41. The van der Waals surface area contributed by atoms with Crippen LogP contribution in [0.3, 0.4) is 0 Å².